The molecule has 0 bridgehead atoms. The quantitative estimate of drug-likeness (QED) is 0.669. The molecule has 1 aromatic rings. The minimum absolute atomic E-state index is 0.197. The molecule has 1 saturated heterocycles. The highest BCUT2D eigenvalue weighted by Gasteiger charge is 2.32. The van der Waals surface area contributed by atoms with Crippen molar-refractivity contribution in [3.05, 3.63) is 33.9 Å². The molecule has 1 aromatic carbocycles. The summed E-state index contributed by atoms with van der Waals surface area (Å²) in [6.07, 6.45) is 4.91. The number of hydrogen-bond acceptors (Lipinski definition) is 4. The van der Waals surface area contributed by atoms with E-state index >= 15 is 0 Å². The summed E-state index contributed by atoms with van der Waals surface area (Å²) in [6, 6.07) is 5.81. The first-order valence-electron chi connectivity index (χ1n) is 7.87. The molecular weight excluding hydrogens is 266 g/mol. The van der Waals surface area contributed by atoms with Crippen LogP contribution in [0.4, 0.5) is 11.4 Å². The Morgan fingerprint density at radius 1 is 1.38 bits per heavy atom. The van der Waals surface area contributed by atoms with E-state index in [1.807, 2.05) is 13.0 Å². The first-order valence-corrected chi connectivity index (χ1v) is 7.87. The summed E-state index contributed by atoms with van der Waals surface area (Å²) in [7, 11) is 0. The van der Waals surface area contributed by atoms with Crippen molar-refractivity contribution >= 4 is 11.4 Å². The molecule has 1 aliphatic carbocycles. The summed E-state index contributed by atoms with van der Waals surface area (Å²) in [5.74, 6) is 0.651. The van der Waals surface area contributed by atoms with Crippen molar-refractivity contribution in [1.82, 2.24) is 5.32 Å². The van der Waals surface area contributed by atoms with Gasteiger partial charge in [-0.05, 0) is 57.2 Å². The minimum atomic E-state index is -0.295. The number of rotatable bonds is 5. The van der Waals surface area contributed by atoms with E-state index in [1.54, 1.807) is 12.1 Å². The highest BCUT2D eigenvalue weighted by molar-refractivity contribution is 5.60. The summed E-state index contributed by atoms with van der Waals surface area (Å²) in [5.41, 5.74) is 2.39. The van der Waals surface area contributed by atoms with E-state index in [2.05, 4.69) is 10.2 Å². The van der Waals surface area contributed by atoms with Crippen LogP contribution in [0.5, 0.6) is 0 Å². The van der Waals surface area contributed by atoms with E-state index in [0.717, 1.165) is 30.9 Å². The Bertz CT molecular complexity index is 522. The lowest BCUT2D eigenvalue weighted by Gasteiger charge is -2.32. The SMILES string of the molecule is Cc1ccc([N+](=O)[O-])cc1N(CC1CCCNC1)C1CC1. The third-order valence-electron chi connectivity index (χ3n) is 4.55. The van der Waals surface area contributed by atoms with Gasteiger partial charge in [-0.15, -0.1) is 0 Å². The van der Waals surface area contributed by atoms with Crippen LogP contribution < -0.4 is 10.2 Å². The normalized spacial score (nSPS) is 22.0. The molecule has 1 unspecified atom stereocenters. The van der Waals surface area contributed by atoms with Crippen LogP contribution in [0.1, 0.15) is 31.2 Å². The number of nitro groups is 1. The van der Waals surface area contributed by atoms with Gasteiger partial charge in [-0.2, -0.15) is 0 Å². The minimum Gasteiger partial charge on any atom is -0.368 e. The fraction of sp³-hybridized carbons (Fsp3) is 0.625. The Labute approximate surface area is 125 Å². The van der Waals surface area contributed by atoms with Gasteiger partial charge < -0.3 is 10.2 Å². The summed E-state index contributed by atoms with van der Waals surface area (Å²) in [5, 5.41) is 14.5. The number of nitro benzene ring substituents is 1. The van der Waals surface area contributed by atoms with Crippen molar-refractivity contribution in [3.8, 4) is 0 Å². The molecule has 1 saturated carbocycles. The lowest BCUT2D eigenvalue weighted by molar-refractivity contribution is -0.384. The van der Waals surface area contributed by atoms with Gasteiger partial charge in [-0.1, -0.05) is 6.07 Å². The van der Waals surface area contributed by atoms with Crippen molar-refractivity contribution in [1.29, 1.82) is 0 Å². The number of nitrogens with zero attached hydrogens (tertiary/aromatic N) is 2. The standard InChI is InChI=1S/C16H23N3O2/c1-12-4-5-15(19(20)21)9-16(12)18(14-6-7-14)11-13-3-2-8-17-10-13/h4-5,9,13-14,17H,2-3,6-8,10-11H2,1H3. The highest BCUT2D eigenvalue weighted by atomic mass is 16.6. The lowest BCUT2D eigenvalue weighted by Crippen LogP contribution is -2.39. The molecular formula is C16H23N3O2. The predicted molar refractivity (Wildman–Crippen MR) is 83.8 cm³/mol. The van der Waals surface area contributed by atoms with Crippen LogP contribution in [0, 0.1) is 23.0 Å². The second-order valence-corrected chi connectivity index (χ2v) is 6.32. The third kappa shape index (κ3) is 3.35. The summed E-state index contributed by atoms with van der Waals surface area (Å²) < 4.78 is 0. The van der Waals surface area contributed by atoms with Crippen LogP contribution in [0.15, 0.2) is 18.2 Å². The maximum absolute atomic E-state index is 11.0. The third-order valence-corrected chi connectivity index (χ3v) is 4.55. The molecule has 5 heteroatoms. The van der Waals surface area contributed by atoms with Crippen molar-refractivity contribution in [2.24, 2.45) is 5.92 Å². The molecule has 1 N–H and O–H groups in total. The first kappa shape index (κ1) is 14.3. The van der Waals surface area contributed by atoms with Crippen molar-refractivity contribution in [2.75, 3.05) is 24.5 Å². The van der Waals surface area contributed by atoms with Gasteiger partial charge in [0.25, 0.3) is 5.69 Å². The average Bonchev–Trinajstić information content (AvgIpc) is 3.31. The van der Waals surface area contributed by atoms with Crippen LogP contribution in [0.3, 0.4) is 0 Å². The van der Waals surface area contributed by atoms with Gasteiger partial charge in [0.05, 0.1) is 4.92 Å². The van der Waals surface area contributed by atoms with E-state index in [4.69, 9.17) is 0 Å². The van der Waals surface area contributed by atoms with Crippen LogP contribution in [-0.2, 0) is 0 Å². The summed E-state index contributed by atoms with van der Waals surface area (Å²) in [6.45, 7) is 5.25. The predicted octanol–water partition coefficient (Wildman–Crippen LogP) is 2.87. The number of non-ortho nitro benzene ring substituents is 1. The number of piperidine rings is 1. The van der Waals surface area contributed by atoms with Gasteiger partial charge in [0, 0.05) is 30.4 Å². The van der Waals surface area contributed by atoms with Gasteiger partial charge in [-0.3, -0.25) is 10.1 Å². The zero-order valence-electron chi connectivity index (χ0n) is 12.5. The maximum Gasteiger partial charge on any atom is 0.271 e. The van der Waals surface area contributed by atoms with Gasteiger partial charge in [0.2, 0.25) is 0 Å². The monoisotopic (exact) mass is 289 g/mol. The molecule has 0 aromatic heterocycles. The molecule has 1 aliphatic heterocycles. The number of hydrogen-bond donors (Lipinski definition) is 1. The van der Waals surface area contributed by atoms with Crippen LogP contribution in [0.2, 0.25) is 0 Å². The lowest BCUT2D eigenvalue weighted by atomic mass is 9.98. The zero-order valence-corrected chi connectivity index (χ0v) is 12.5. The Morgan fingerprint density at radius 2 is 2.19 bits per heavy atom. The van der Waals surface area contributed by atoms with E-state index in [-0.39, 0.29) is 10.6 Å². The Balaban J connectivity index is 1.82. The second-order valence-electron chi connectivity index (χ2n) is 6.32. The summed E-state index contributed by atoms with van der Waals surface area (Å²) >= 11 is 0. The molecule has 0 spiro atoms. The van der Waals surface area contributed by atoms with Crippen molar-refractivity contribution in [2.45, 2.75) is 38.6 Å². The Hall–Kier alpha value is -1.62. The molecule has 1 heterocycles. The smallest absolute Gasteiger partial charge is 0.271 e. The molecule has 1 atom stereocenters. The van der Waals surface area contributed by atoms with Gasteiger partial charge in [0.1, 0.15) is 0 Å². The largest absolute Gasteiger partial charge is 0.368 e. The number of benzene rings is 1. The molecule has 3 rings (SSSR count). The van der Waals surface area contributed by atoms with Gasteiger partial charge in [-0.25, -0.2) is 0 Å². The summed E-state index contributed by atoms with van der Waals surface area (Å²) in [4.78, 5) is 13.2. The van der Waals surface area contributed by atoms with E-state index in [1.165, 1.54) is 25.7 Å². The second kappa shape index (κ2) is 6.02. The molecule has 0 radical (unpaired) electrons. The van der Waals surface area contributed by atoms with Crippen LogP contribution in [0.25, 0.3) is 0 Å². The van der Waals surface area contributed by atoms with Crippen LogP contribution in [-0.4, -0.2) is 30.6 Å². The van der Waals surface area contributed by atoms with E-state index in [0.29, 0.717) is 12.0 Å². The first-order chi connectivity index (χ1) is 10.1. The molecule has 114 valence electrons. The number of aryl methyl sites for hydroxylation is 1. The molecule has 21 heavy (non-hydrogen) atoms. The van der Waals surface area contributed by atoms with Crippen molar-refractivity contribution in [3.63, 3.8) is 0 Å². The molecule has 2 fully saturated rings. The topological polar surface area (TPSA) is 58.4 Å². The van der Waals surface area contributed by atoms with E-state index in [9.17, 15) is 10.1 Å². The fourth-order valence-corrected chi connectivity index (χ4v) is 3.21. The Kier molecular flexibility index (Phi) is 4.10. The number of anilines is 1. The van der Waals surface area contributed by atoms with Crippen LogP contribution >= 0.6 is 0 Å². The van der Waals surface area contributed by atoms with Crippen molar-refractivity contribution < 1.29 is 4.92 Å². The fourth-order valence-electron chi connectivity index (χ4n) is 3.21. The zero-order chi connectivity index (χ0) is 14.8. The Morgan fingerprint density at radius 3 is 2.81 bits per heavy atom. The van der Waals surface area contributed by atoms with E-state index < -0.39 is 0 Å². The molecule has 5 nitrogen and oxygen atoms in total. The molecule has 2 aliphatic rings. The van der Waals surface area contributed by atoms with Gasteiger partial charge >= 0.3 is 0 Å². The van der Waals surface area contributed by atoms with Gasteiger partial charge in [0.15, 0.2) is 0 Å². The molecule has 0 amide bonds. The number of nitrogens with one attached hydrogen (secondary N) is 1. The highest BCUT2D eigenvalue weighted by Crippen LogP contribution is 2.36. The maximum atomic E-state index is 11.0. The average molecular weight is 289 g/mol.